The third-order valence-corrected chi connectivity index (χ3v) is 4.94. The van der Waals surface area contributed by atoms with Gasteiger partial charge in [0.1, 0.15) is 6.61 Å². The van der Waals surface area contributed by atoms with Crippen LogP contribution < -0.4 is 0 Å². The molecule has 3 rings (SSSR count). The maximum absolute atomic E-state index is 12.2. The molecule has 0 N–H and O–H groups in total. The number of carbonyl (C=O) groups excluding carboxylic acids is 1. The number of ether oxygens (including phenoxy) is 2. The van der Waals surface area contributed by atoms with Crippen LogP contribution in [0.15, 0.2) is 30.3 Å². The Hall–Kier alpha value is -2.03. The minimum absolute atomic E-state index is 0.210. The second-order valence-electron chi connectivity index (χ2n) is 6.30. The van der Waals surface area contributed by atoms with E-state index in [9.17, 15) is 4.79 Å². The van der Waals surface area contributed by atoms with E-state index < -0.39 is 0 Å². The van der Waals surface area contributed by atoms with Crippen molar-refractivity contribution < 1.29 is 14.3 Å². The molecule has 2 fully saturated rings. The van der Waals surface area contributed by atoms with E-state index in [-0.39, 0.29) is 11.6 Å². The van der Waals surface area contributed by atoms with Crippen molar-refractivity contribution in [1.82, 2.24) is 9.80 Å². The van der Waals surface area contributed by atoms with E-state index >= 15 is 0 Å². The lowest BCUT2D eigenvalue weighted by Crippen LogP contribution is -2.59. The highest BCUT2D eigenvalue weighted by molar-refractivity contribution is 5.67. The monoisotopic (exact) mass is 328 g/mol. The summed E-state index contributed by atoms with van der Waals surface area (Å²) in [5, 5.41) is 0. The Labute approximate surface area is 143 Å². The first kappa shape index (κ1) is 16.8. The molecule has 0 aromatic heterocycles. The number of piperazine rings is 1. The van der Waals surface area contributed by atoms with Gasteiger partial charge in [-0.15, -0.1) is 6.42 Å². The summed E-state index contributed by atoms with van der Waals surface area (Å²) in [6.45, 7) is 4.60. The largest absolute Gasteiger partial charge is 0.445 e. The van der Waals surface area contributed by atoms with Crippen LogP contribution in [0.25, 0.3) is 0 Å². The topological polar surface area (TPSA) is 42.0 Å². The molecule has 24 heavy (non-hydrogen) atoms. The van der Waals surface area contributed by atoms with Gasteiger partial charge in [-0.1, -0.05) is 36.3 Å². The Kier molecular flexibility index (Phi) is 5.39. The summed E-state index contributed by atoms with van der Waals surface area (Å²) in [7, 11) is 0. The molecular formula is C19H24N2O3. The van der Waals surface area contributed by atoms with E-state index in [0.29, 0.717) is 32.9 Å². The predicted molar refractivity (Wildman–Crippen MR) is 91.4 cm³/mol. The Bertz CT molecular complexity index is 582. The van der Waals surface area contributed by atoms with Crippen molar-refractivity contribution in [2.24, 2.45) is 0 Å². The van der Waals surface area contributed by atoms with Gasteiger partial charge in [-0.2, -0.15) is 0 Å². The summed E-state index contributed by atoms with van der Waals surface area (Å²) < 4.78 is 10.9. The zero-order valence-electron chi connectivity index (χ0n) is 13.9. The molecule has 2 aliphatic rings. The molecule has 0 aliphatic carbocycles. The molecule has 1 amide bonds. The fourth-order valence-corrected chi connectivity index (χ4v) is 3.39. The summed E-state index contributed by atoms with van der Waals surface area (Å²) in [4.78, 5) is 16.3. The molecule has 0 saturated carbocycles. The van der Waals surface area contributed by atoms with Crippen LogP contribution in [0, 0.1) is 12.3 Å². The normalized spacial score (nSPS) is 21.0. The SMILES string of the molecule is C#CC1(N2CCN(C(=O)OCc3ccccc3)CC2)CCOCC1. The van der Waals surface area contributed by atoms with Crippen LogP contribution >= 0.6 is 0 Å². The molecule has 2 heterocycles. The van der Waals surface area contributed by atoms with Gasteiger partial charge in [-0.3, -0.25) is 4.90 Å². The van der Waals surface area contributed by atoms with Crippen LogP contribution in [0.4, 0.5) is 4.79 Å². The summed E-state index contributed by atoms with van der Waals surface area (Å²) in [5.74, 6) is 2.99. The third-order valence-electron chi connectivity index (χ3n) is 4.94. The van der Waals surface area contributed by atoms with Gasteiger partial charge in [0.25, 0.3) is 0 Å². The molecule has 0 bridgehead atoms. The number of hydrogen-bond acceptors (Lipinski definition) is 4. The second kappa shape index (κ2) is 7.69. The van der Waals surface area contributed by atoms with Crippen LogP contribution in [0.5, 0.6) is 0 Å². The van der Waals surface area contributed by atoms with Crippen molar-refractivity contribution in [3.8, 4) is 12.3 Å². The van der Waals surface area contributed by atoms with Crippen LogP contribution in [0.3, 0.4) is 0 Å². The van der Waals surface area contributed by atoms with Gasteiger partial charge < -0.3 is 14.4 Å². The molecule has 5 nitrogen and oxygen atoms in total. The fourth-order valence-electron chi connectivity index (χ4n) is 3.39. The van der Waals surface area contributed by atoms with Crippen molar-refractivity contribution >= 4 is 6.09 Å². The molecule has 0 unspecified atom stereocenters. The zero-order chi connectivity index (χ0) is 16.8. The van der Waals surface area contributed by atoms with Gasteiger partial charge in [0, 0.05) is 52.2 Å². The summed E-state index contributed by atoms with van der Waals surface area (Å²) in [6, 6.07) is 9.73. The minimum atomic E-state index is -0.250. The van der Waals surface area contributed by atoms with Crippen molar-refractivity contribution in [1.29, 1.82) is 0 Å². The van der Waals surface area contributed by atoms with Crippen molar-refractivity contribution in [2.75, 3.05) is 39.4 Å². The molecular weight excluding hydrogens is 304 g/mol. The summed E-state index contributed by atoms with van der Waals surface area (Å²) in [6.07, 6.45) is 7.30. The lowest BCUT2D eigenvalue weighted by Gasteiger charge is -2.46. The predicted octanol–water partition coefficient (Wildman–Crippen LogP) is 2.12. The standard InChI is InChI=1S/C19H24N2O3/c1-2-19(8-14-23-15-9-19)21-12-10-20(11-13-21)18(22)24-16-17-6-4-3-5-7-17/h1,3-7H,8-16H2. The Morgan fingerprint density at radius 2 is 1.83 bits per heavy atom. The van der Waals surface area contributed by atoms with Crippen LogP contribution in [0.2, 0.25) is 0 Å². The zero-order valence-corrected chi connectivity index (χ0v) is 13.9. The van der Waals surface area contributed by atoms with Gasteiger partial charge in [0.2, 0.25) is 0 Å². The molecule has 1 aromatic rings. The summed E-state index contributed by atoms with van der Waals surface area (Å²) >= 11 is 0. The van der Waals surface area contributed by atoms with Gasteiger partial charge in [-0.05, 0) is 5.56 Å². The molecule has 0 radical (unpaired) electrons. The number of carbonyl (C=O) groups is 1. The van der Waals surface area contributed by atoms with E-state index in [1.165, 1.54) is 0 Å². The number of rotatable bonds is 3. The summed E-state index contributed by atoms with van der Waals surface area (Å²) in [5.41, 5.74) is 0.788. The first-order valence-corrected chi connectivity index (χ1v) is 8.50. The molecule has 0 spiro atoms. The average molecular weight is 328 g/mol. The van der Waals surface area contributed by atoms with Crippen molar-refractivity contribution in [3.05, 3.63) is 35.9 Å². The van der Waals surface area contributed by atoms with E-state index in [1.54, 1.807) is 4.90 Å². The Morgan fingerprint density at radius 3 is 2.46 bits per heavy atom. The van der Waals surface area contributed by atoms with E-state index in [4.69, 9.17) is 15.9 Å². The van der Waals surface area contributed by atoms with Crippen LogP contribution in [-0.2, 0) is 16.1 Å². The van der Waals surface area contributed by atoms with Gasteiger partial charge in [-0.25, -0.2) is 4.79 Å². The first-order valence-electron chi connectivity index (χ1n) is 8.50. The molecule has 0 atom stereocenters. The van der Waals surface area contributed by atoms with Crippen molar-refractivity contribution in [2.45, 2.75) is 25.0 Å². The number of nitrogens with zero attached hydrogens (tertiary/aromatic N) is 2. The van der Waals surface area contributed by atoms with Gasteiger partial charge in [0.05, 0.1) is 5.54 Å². The van der Waals surface area contributed by atoms with E-state index in [0.717, 1.165) is 31.5 Å². The minimum Gasteiger partial charge on any atom is -0.445 e. The molecule has 5 heteroatoms. The number of terminal acetylenes is 1. The van der Waals surface area contributed by atoms with Crippen molar-refractivity contribution in [3.63, 3.8) is 0 Å². The highest BCUT2D eigenvalue weighted by atomic mass is 16.6. The average Bonchev–Trinajstić information content (AvgIpc) is 2.67. The van der Waals surface area contributed by atoms with Gasteiger partial charge in [0.15, 0.2) is 0 Å². The first-order chi connectivity index (χ1) is 11.7. The second-order valence-corrected chi connectivity index (χ2v) is 6.30. The van der Waals surface area contributed by atoms with Crippen LogP contribution in [0.1, 0.15) is 18.4 Å². The number of amides is 1. The maximum atomic E-state index is 12.2. The molecule has 128 valence electrons. The maximum Gasteiger partial charge on any atom is 0.410 e. The lowest BCUT2D eigenvalue weighted by molar-refractivity contribution is -0.0185. The molecule has 2 aliphatic heterocycles. The molecule has 2 saturated heterocycles. The van der Waals surface area contributed by atoms with E-state index in [1.807, 2.05) is 30.3 Å². The highest BCUT2D eigenvalue weighted by Crippen LogP contribution is 2.28. The lowest BCUT2D eigenvalue weighted by atomic mass is 9.88. The highest BCUT2D eigenvalue weighted by Gasteiger charge is 2.39. The number of benzene rings is 1. The van der Waals surface area contributed by atoms with E-state index in [2.05, 4.69) is 10.8 Å². The quantitative estimate of drug-likeness (QED) is 0.797. The molecule has 1 aromatic carbocycles. The smallest absolute Gasteiger partial charge is 0.410 e. The Morgan fingerprint density at radius 1 is 1.17 bits per heavy atom. The Balaban J connectivity index is 1.49. The third kappa shape index (κ3) is 3.72. The van der Waals surface area contributed by atoms with Gasteiger partial charge >= 0.3 is 6.09 Å². The number of hydrogen-bond donors (Lipinski definition) is 0. The fraction of sp³-hybridized carbons (Fsp3) is 0.526. The van der Waals surface area contributed by atoms with Crippen LogP contribution in [-0.4, -0.2) is 60.8 Å².